The van der Waals surface area contributed by atoms with Crippen LogP contribution < -0.4 is 5.32 Å². The summed E-state index contributed by atoms with van der Waals surface area (Å²) in [6.45, 7) is 6.20. The Bertz CT molecular complexity index is 546. The van der Waals surface area contributed by atoms with Gasteiger partial charge in [-0.1, -0.05) is 25.4 Å². The van der Waals surface area contributed by atoms with Gasteiger partial charge in [0.15, 0.2) is 0 Å². The van der Waals surface area contributed by atoms with Gasteiger partial charge in [-0.3, -0.25) is 9.59 Å². The highest BCUT2D eigenvalue weighted by atomic mass is 35.5. The van der Waals surface area contributed by atoms with E-state index in [2.05, 4.69) is 5.32 Å². The number of nitrogens with one attached hydrogen (secondary N) is 1. The van der Waals surface area contributed by atoms with Crippen LogP contribution in [-0.4, -0.2) is 34.8 Å². The van der Waals surface area contributed by atoms with Crippen molar-refractivity contribution in [1.82, 2.24) is 10.2 Å². The quantitative estimate of drug-likeness (QED) is 0.903. The molecular formula is C15H21ClN2O2S. The van der Waals surface area contributed by atoms with Gasteiger partial charge in [0.05, 0.1) is 4.34 Å². The molecule has 1 aliphatic rings. The molecule has 4 nitrogen and oxygen atoms in total. The zero-order valence-electron chi connectivity index (χ0n) is 12.6. The Morgan fingerprint density at radius 3 is 2.62 bits per heavy atom. The zero-order valence-corrected chi connectivity index (χ0v) is 14.2. The highest BCUT2D eigenvalue weighted by Gasteiger charge is 2.45. The smallest absolute Gasteiger partial charge is 0.248 e. The monoisotopic (exact) mass is 328 g/mol. The van der Waals surface area contributed by atoms with Crippen LogP contribution in [0.25, 0.3) is 0 Å². The summed E-state index contributed by atoms with van der Waals surface area (Å²) in [6.07, 6.45) is 1.95. The Kier molecular flexibility index (Phi) is 4.94. The molecule has 0 radical (unpaired) electrons. The molecule has 2 unspecified atom stereocenters. The van der Waals surface area contributed by atoms with Crippen molar-refractivity contribution in [2.24, 2.45) is 0 Å². The van der Waals surface area contributed by atoms with E-state index in [1.165, 1.54) is 11.3 Å². The zero-order chi connectivity index (χ0) is 15.6. The van der Waals surface area contributed by atoms with Crippen LogP contribution in [0.15, 0.2) is 12.1 Å². The Morgan fingerprint density at radius 2 is 2.10 bits per heavy atom. The average Bonchev–Trinajstić information content (AvgIpc) is 2.86. The summed E-state index contributed by atoms with van der Waals surface area (Å²) in [7, 11) is 0. The molecule has 1 saturated heterocycles. The van der Waals surface area contributed by atoms with Crippen LogP contribution >= 0.6 is 22.9 Å². The van der Waals surface area contributed by atoms with Gasteiger partial charge < -0.3 is 10.2 Å². The highest BCUT2D eigenvalue weighted by molar-refractivity contribution is 7.16. The van der Waals surface area contributed by atoms with Crippen LogP contribution in [0.5, 0.6) is 0 Å². The maximum Gasteiger partial charge on any atom is 0.248 e. The van der Waals surface area contributed by atoms with Crippen molar-refractivity contribution in [3.63, 3.8) is 0 Å². The molecule has 0 saturated carbocycles. The van der Waals surface area contributed by atoms with Crippen molar-refractivity contribution in [3.05, 3.63) is 21.3 Å². The normalized spacial score (nSPS) is 26.1. The number of hydrogen-bond acceptors (Lipinski definition) is 3. The van der Waals surface area contributed by atoms with E-state index in [0.29, 0.717) is 19.4 Å². The number of nitrogens with zero attached hydrogens (tertiary/aromatic N) is 1. The van der Waals surface area contributed by atoms with E-state index in [9.17, 15) is 9.59 Å². The number of amides is 2. The van der Waals surface area contributed by atoms with Crippen LogP contribution in [0.3, 0.4) is 0 Å². The first-order valence-electron chi connectivity index (χ1n) is 7.28. The number of halogens is 1. The molecule has 1 fully saturated rings. The SMILES string of the molecule is CCC1C(=O)NC(C)(CC)C(=O)N1CCc1ccc(Cl)s1. The fourth-order valence-corrected chi connectivity index (χ4v) is 3.70. The summed E-state index contributed by atoms with van der Waals surface area (Å²) in [5.41, 5.74) is -0.782. The summed E-state index contributed by atoms with van der Waals surface area (Å²) >= 11 is 7.45. The molecule has 2 heterocycles. The van der Waals surface area contributed by atoms with Crippen molar-refractivity contribution in [2.75, 3.05) is 6.54 Å². The number of hydrogen-bond donors (Lipinski definition) is 1. The van der Waals surface area contributed by atoms with Crippen molar-refractivity contribution >= 4 is 34.8 Å². The van der Waals surface area contributed by atoms with Gasteiger partial charge in [-0.05, 0) is 38.3 Å². The molecule has 116 valence electrons. The summed E-state index contributed by atoms with van der Waals surface area (Å²) in [6, 6.07) is 3.47. The van der Waals surface area contributed by atoms with Crippen LogP contribution in [0.2, 0.25) is 4.34 Å². The molecular weight excluding hydrogens is 308 g/mol. The second kappa shape index (κ2) is 6.36. The van der Waals surface area contributed by atoms with E-state index in [4.69, 9.17) is 11.6 Å². The number of carbonyl (C=O) groups excluding carboxylic acids is 2. The fourth-order valence-electron chi connectivity index (χ4n) is 2.63. The first-order valence-corrected chi connectivity index (χ1v) is 8.48. The first kappa shape index (κ1) is 16.3. The molecule has 6 heteroatoms. The Labute approximate surface area is 134 Å². The van der Waals surface area contributed by atoms with E-state index in [-0.39, 0.29) is 17.9 Å². The molecule has 0 bridgehead atoms. The van der Waals surface area contributed by atoms with E-state index in [1.54, 1.807) is 11.8 Å². The first-order chi connectivity index (χ1) is 9.91. The molecule has 2 amide bonds. The Balaban J connectivity index is 2.15. The molecule has 0 spiro atoms. The maximum atomic E-state index is 12.7. The van der Waals surface area contributed by atoms with Crippen molar-refractivity contribution in [1.29, 1.82) is 0 Å². The molecule has 0 aromatic carbocycles. The molecule has 2 atom stereocenters. The standard InChI is InChI=1S/C15H21ClN2O2S/c1-4-11-13(19)17-15(3,5-2)14(20)18(11)9-8-10-6-7-12(16)21-10/h6-7,11H,4-5,8-9H2,1-3H3,(H,17,19). The van der Waals surface area contributed by atoms with Gasteiger partial charge in [-0.15, -0.1) is 11.3 Å². The summed E-state index contributed by atoms with van der Waals surface area (Å²) in [5.74, 6) is -0.0373. The van der Waals surface area contributed by atoms with Gasteiger partial charge >= 0.3 is 0 Å². The van der Waals surface area contributed by atoms with E-state index < -0.39 is 5.54 Å². The minimum absolute atomic E-state index is 0.0131. The lowest BCUT2D eigenvalue weighted by atomic mass is 9.91. The van der Waals surface area contributed by atoms with Crippen LogP contribution in [0.1, 0.15) is 38.5 Å². The third kappa shape index (κ3) is 3.24. The number of thiophene rings is 1. The van der Waals surface area contributed by atoms with Crippen LogP contribution in [-0.2, 0) is 16.0 Å². The number of rotatable bonds is 5. The lowest BCUT2D eigenvalue weighted by Crippen LogP contribution is -2.69. The molecule has 1 aromatic heterocycles. The Hall–Kier alpha value is -1.07. The summed E-state index contributed by atoms with van der Waals surface area (Å²) in [4.78, 5) is 27.8. The number of piperazine rings is 1. The third-order valence-electron chi connectivity index (χ3n) is 4.13. The van der Waals surface area contributed by atoms with Crippen molar-refractivity contribution in [2.45, 2.75) is 51.6 Å². The second-order valence-electron chi connectivity index (χ2n) is 5.55. The predicted octanol–water partition coefficient (Wildman–Crippen LogP) is 2.85. The Morgan fingerprint density at radius 1 is 1.38 bits per heavy atom. The highest BCUT2D eigenvalue weighted by Crippen LogP contribution is 2.25. The van der Waals surface area contributed by atoms with Crippen molar-refractivity contribution < 1.29 is 9.59 Å². The summed E-state index contributed by atoms with van der Waals surface area (Å²) < 4.78 is 0.748. The molecule has 21 heavy (non-hydrogen) atoms. The van der Waals surface area contributed by atoms with Crippen molar-refractivity contribution in [3.8, 4) is 0 Å². The third-order valence-corrected chi connectivity index (χ3v) is 5.42. The van der Waals surface area contributed by atoms with Gasteiger partial charge in [0, 0.05) is 11.4 Å². The van der Waals surface area contributed by atoms with Gasteiger partial charge in [0.25, 0.3) is 0 Å². The minimum Gasteiger partial charge on any atom is -0.340 e. The van der Waals surface area contributed by atoms with Crippen LogP contribution in [0.4, 0.5) is 0 Å². The molecule has 1 aliphatic heterocycles. The lowest BCUT2D eigenvalue weighted by Gasteiger charge is -2.44. The van der Waals surface area contributed by atoms with Gasteiger partial charge in [-0.25, -0.2) is 0 Å². The van der Waals surface area contributed by atoms with E-state index in [0.717, 1.165) is 15.6 Å². The fraction of sp³-hybridized carbons (Fsp3) is 0.600. The topological polar surface area (TPSA) is 49.4 Å². The van der Waals surface area contributed by atoms with Gasteiger partial charge in [0.2, 0.25) is 11.8 Å². The van der Waals surface area contributed by atoms with Gasteiger partial charge in [-0.2, -0.15) is 0 Å². The second-order valence-corrected chi connectivity index (χ2v) is 7.35. The maximum absolute atomic E-state index is 12.7. The van der Waals surface area contributed by atoms with E-state index in [1.807, 2.05) is 26.0 Å². The average molecular weight is 329 g/mol. The predicted molar refractivity (Wildman–Crippen MR) is 85.7 cm³/mol. The lowest BCUT2D eigenvalue weighted by molar-refractivity contribution is -0.154. The number of carbonyl (C=O) groups is 2. The van der Waals surface area contributed by atoms with Gasteiger partial charge in [0.1, 0.15) is 11.6 Å². The molecule has 2 rings (SSSR count). The largest absolute Gasteiger partial charge is 0.340 e. The molecule has 1 aromatic rings. The van der Waals surface area contributed by atoms with E-state index >= 15 is 0 Å². The summed E-state index contributed by atoms with van der Waals surface area (Å²) in [5, 5.41) is 2.88. The molecule has 1 N–H and O–H groups in total. The molecule has 0 aliphatic carbocycles. The minimum atomic E-state index is -0.782. The van der Waals surface area contributed by atoms with Crippen LogP contribution in [0, 0.1) is 0 Å².